The fourth-order valence-electron chi connectivity index (χ4n) is 6.30. The van der Waals surface area contributed by atoms with E-state index in [2.05, 4.69) is 19.9 Å². The smallest absolute Gasteiger partial charge is 0.493 e. The quantitative estimate of drug-likeness (QED) is 0.122. The third-order valence-electron chi connectivity index (χ3n) is 9.04. The van der Waals surface area contributed by atoms with Gasteiger partial charge < -0.3 is 35.0 Å². The Morgan fingerprint density at radius 2 is 1.79 bits per heavy atom. The van der Waals surface area contributed by atoms with E-state index < -0.39 is 62.8 Å². The number of pyridine rings is 1. The Bertz CT molecular complexity index is 2260. The number of rotatable bonds is 11. The van der Waals surface area contributed by atoms with Crippen molar-refractivity contribution in [2.45, 2.75) is 62.0 Å². The molecule has 2 atom stereocenters. The van der Waals surface area contributed by atoms with E-state index in [1.807, 2.05) is 0 Å². The number of methoxy groups -OCH3 is 2. The molecular formula is C37H39F4N5O9S. The monoisotopic (exact) mass is 805 g/mol. The average Bonchev–Trinajstić information content (AvgIpc) is 3.65. The molecule has 56 heavy (non-hydrogen) atoms. The van der Waals surface area contributed by atoms with Gasteiger partial charge in [-0.05, 0) is 93.1 Å². The van der Waals surface area contributed by atoms with E-state index in [1.54, 1.807) is 31.2 Å². The zero-order chi connectivity index (χ0) is 41.1. The molecule has 0 bridgehead atoms. The number of sulfone groups is 1. The molecule has 0 unspecified atom stereocenters. The van der Waals surface area contributed by atoms with Crippen molar-refractivity contribution in [2.75, 3.05) is 43.5 Å². The summed E-state index contributed by atoms with van der Waals surface area (Å²) in [6, 6.07) is 9.52. The van der Waals surface area contributed by atoms with Crippen LogP contribution in [-0.2, 0) is 29.0 Å². The molecule has 300 valence electrons. The summed E-state index contributed by atoms with van der Waals surface area (Å²) in [6.07, 6.45) is -5.10. The molecule has 1 aromatic heterocycles. The minimum atomic E-state index is -5.51. The van der Waals surface area contributed by atoms with Crippen LogP contribution in [0, 0.1) is 5.82 Å². The maximum absolute atomic E-state index is 16.1. The molecule has 1 saturated heterocycles. The van der Waals surface area contributed by atoms with Crippen molar-refractivity contribution in [2.24, 2.45) is 0 Å². The lowest BCUT2D eigenvalue weighted by Crippen LogP contribution is -2.39. The first-order valence-corrected chi connectivity index (χ1v) is 18.7. The molecule has 4 aromatic rings. The number of alkyl halides is 3. The van der Waals surface area contributed by atoms with Crippen molar-refractivity contribution in [3.8, 4) is 11.5 Å². The number of anilines is 3. The molecule has 14 nitrogen and oxygen atoms in total. The van der Waals surface area contributed by atoms with Crippen molar-refractivity contribution in [1.82, 2.24) is 9.88 Å². The number of benzene rings is 3. The number of ether oxygens (including phenoxy) is 3. The molecule has 1 aliphatic heterocycles. The molecule has 3 aromatic carbocycles. The number of nitrogens with zero attached hydrogens (tertiary/aromatic N) is 3. The van der Waals surface area contributed by atoms with Gasteiger partial charge in [0.15, 0.2) is 21.3 Å². The average molecular weight is 806 g/mol. The lowest BCUT2D eigenvalue weighted by Gasteiger charge is -2.32. The number of carbonyl (C=O) groups is 3. The van der Waals surface area contributed by atoms with Gasteiger partial charge in [-0.1, -0.05) is 0 Å². The third-order valence-corrected chi connectivity index (χ3v) is 11.3. The molecule has 19 heteroatoms. The van der Waals surface area contributed by atoms with E-state index in [0.717, 1.165) is 31.4 Å². The highest BCUT2D eigenvalue weighted by atomic mass is 32.2. The van der Waals surface area contributed by atoms with Gasteiger partial charge in [-0.25, -0.2) is 27.4 Å². The number of nitrogens with one attached hydrogen (secondary N) is 1. The molecule has 0 saturated carbocycles. The molecule has 0 radical (unpaired) electrons. The maximum atomic E-state index is 16.1. The molecule has 3 N–H and O–H groups in total. The number of fused-ring (bicyclic) bond motifs is 1. The van der Waals surface area contributed by atoms with Crippen LogP contribution in [0.5, 0.6) is 11.5 Å². The van der Waals surface area contributed by atoms with Crippen LogP contribution in [-0.4, -0.2) is 75.1 Å². The van der Waals surface area contributed by atoms with E-state index in [9.17, 15) is 36.0 Å². The molecule has 1 fully saturated rings. The Morgan fingerprint density at radius 1 is 1.05 bits per heavy atom. The zero-order valence-corrected chi connectivity index (χ0v) is 31.7. The summed E-state index contributed by atoms with van der Waals surface area (Å²) < 4.78 is 98.9. The molecule has 0 spiro atoms. The Balaban J connectivity index is 1.67. The molecule has 5 rings (SSSR count). The molecular weight excluding hydrogens is 766 g/mol. The summed E-state index contributed by atoms with van der Waals surface area (Å²) in [5.41, 5.74) is 5.65. The lowest BCUT2D eigenvalue weighted by atomic mass is 10.00. The number of halogens is 4. The number of hydrogen-bond acceptors (Lipinski definition) is 12. The van der Waals surface area contributed by atoms with E-state index in [0.29, 0.717) is 22.9 Å². The largest absolute Gasteiger partial charge is 0.493 e. The highest BCUT2D eigenvalue weighted by molar-refractivity contribution is 7.92. The topological polar surface area (TPSA) is 180 Å². The second-order valence-electron chi connectivity index (χ2n) is 12.8. The van der Waals surface area contributed by atoms with Gasteiger partial charge in [0.1, 0.15) is 17.7 Å². The van der Waals surface area contributed by atoms with Crippen LogP contribution in [0.4, 0.5) is 39.5 Å². The van der Waals surface area contributed by atoms with Gasteiger partial charge >= 0.3 is 18.2 Å². The van der Waals surface area contributed by atoms with Gasteiger partial charge in [-0.15, -0.1) is 5.06 Å². The van der Waals surface area contributed by atoms with Crippen LogP contribution in [0.25, 0.3) is 10.8 Å². The van der Waals surface area contributed by atoms with E-state index in [-0.39, 0.29) is 58.0 Å². The van der Waals surface area contributed by atoms with Crippen LogP contribution in [0.2, 0.25) is 0 Å². The number of aromatic nitrogens is 1. The normalized spacial score (nSPS) is 15.0. The van der Waals surface area contributed by atoms with E-state index in [4.69, 9.17) is 15.2 Å². The van der Waals surface area contributed by atoms with Crippen molar-refractivity contribution in [3.63, 3.8) is 0 Å². The van der Waals surface area contributed by atoms with Gasteiger partial charge in [0.25, 0.3) is 0 Å². The van der Waals surface area contributed by atoms with Crippen molar-refractivity contribution in [3.05, 3.63) is 77.7 Å². The summed E-state index contributed by atoms with van der Waals surface area (Å²) >= 11 is 0. The fraction of sp³-hybridized carbons (Fsp3) is 0.351. The van der Waals surface area contributed by atoms with Gasteiger partial charge in [0, 0.05) is 35.4 Å². The lowest BCUT2D eigenvalue weighted by molar-refractivity contribution is -0.200. The standard InChI is InChI=1S/C37H39F4N5O9S/c1-6-54-30-18-25(27(38)19-29(30)52-4)32(44-22-9-11-24-21(16-22)13-14-43-33(24)42)34(47)45-15-7-8-28(45)26-17-23(10-12-31(26)56(50,51)20(2)3)46(36(49)53-5)55-35(48)37(39,40)41/h9-14,16-20,28,32,44H,6-8,15H2,1-5H3,(H2,42,43)/t28-,32-/m1/s1. The number of hydrogen-bond donors (Lipinski definition) is 2. The van der Waals surface area contributed by atoms with Crippen LogP contribution in [0.15, 0.2) is 65.7 Å². The van der Waals surface area contributed by atoms with Crippen LogP contribution in [0.3, 0.4) is 0 Å². The Hall–Kier alpha value is -5.85. The summed E-state index contributed by atoms with van der Waals surface area (Å²) in [5.74, 6) is -3.86. The van der Waals surface area contributed by atoms with Crippen molar-refractivity contribution in [1.29, 1.82) is 0 Å². The van der Waals surface area contributed by atoms with Gasteiger partial charge in [-0.3, -0.25) is 4.79 Å². The number of amides is 2. The molecule has 0 aliphatic carbocycles. The number of likely N-dealkylation sites (tertiary alicyclic amines) is 1. The summed E-state index contributed by atoms with van der Waals surface area (Å²) in [4.78, 5) is 48.9. The van der Waals surface area contributed by atoms with E-state index in [1.165, 1.54) is 38.1 Å². The fourth-order valence-corrected chi connectivity index (χ4v) is 7.59. The molecule has 1 aliphatic rings. The predicted molar refractivity (Wildman–Crippen MR) is 196 cm³/mol. The first kappa shape index (κ1) is 41.3. The Labute approximate surface area is 319 Å². The van der Waals surface area contributed by atoms with Crippen molar-refractivity contribution < 1.29 is 59.4 Å². The molecule has 2 amide bonds. The highest BCUT2D eigenvalue weighted by Crippen LogP contribution is 2.42. The third kappa shape index (κ3) is 8.36. The minimum absolute atomic E-state index is 0.0346. The number of hydroxylamine groups is 1. The van der Waals surface area contributed by atoms with E-state index >= 15 is 4.39 Å². The minimum Gasteiger partial charge on any atom is -0.493 e. The van der Waals surface area contributed by atoms with Crippen LogP contribution >= 0.6 is 0 Å². The number of carbonyl (C=O) groups excluding carboxylic acids is 3. The Kier molecular flexibility index (Phi) is 12.2. The Morgan fingerprint density at radius 3 is 2.43 bits per heavy atom. The predicted octanol–water partition coefficient (Wildman–Crippen LogP) is 6.66. The number of nitrogens with two attached hydrogens (primary N) is 1. The van der Waals surface area contributed by atoms with Crippen LogP contribution in [0.1, 0.15) is 56.8 Å². The maximum Gasteiger partial charge on any atom is 0.493 e. The summed E-state index contributed by atoms with van der Waals surface area (Å²) in [5, 5.41) is 3.31. The zero-order valence-electron chi connectivity index (χ0n) is 30.8. The highest BCUT2D eigenvalue weighted by Gasteiger charge is 2.45. The first-order chi connectivity index (χ1) is 26.4. The summed E-state index contributed by atoms with van der Waals surface area (Å²) in [7, 11) is -2.01. The summed E-state index contributed by atoms with van der Waals surface area (Å²) in [6.45, 7) is 4.73. The van der Waals surface area contributed by atoms with Gasteiger partial charge in [0.05, 0.1) is 42.7 Å². The van der Waals surface area contributed by atoms with Gasteiger partial charge in [0.2, 0.25) is 5.91 Å². The second-order valence-corrected chi connectivity index (χ2v) is 15.3. The SMILES string of the molecule is CCOc1cc([C@@H](Nc2ccc3c(N)nccc3c2)C(=O)N2CCC[C@@H]2c2cc(N(OC(=O)C(F)(F)F)C(=O)OC)ccc2S(=O)(=O)C(C)C)c(F)cc1OC. The number of nitrogen functional groups attached to an aromatic ring is 1. The van der Waals surface area contributed by atoms with Crippen LogP contribution < -0.4 is 25.6 Å². The first-order valence-electron chi connectivity index (χ1n) is 17.2. The van der Waals surface area contributed by atoms with Gasteiger partial charge in [-0.2, -0.15) is 13.2 Å². The van der Waals surface area contributed by atoms with Crippen molar-refractivity contribution >= 4 is 55.8 Å². The molecule has 2 heterocycles. The second kappa shape index (κ2) is 16.5.